The van der Waals surface area contributed by atoms with Crippen LogP contribution in [0.3, 0.4) is 0 Å². The van der Waals surface area contributed by atoms with Crippen molar-refractivity contribution in [3.63, 3.8) is 0 Å². The molecule has 0 atom stereocenters. The second kappa shape index (κ2) is 7.78. The third-order valence-corrected chi connectivity index (χ3v) is 6.38. The van der Waals surface area contributed by atoms with E-state index in [0.29, 0.717) is 11.6 Å². The van der Waals surface area contributed by atoms with E-state index in [1.165, 1.54) is 43.1 Å². The molecule has 1 aromatic carbocycles. The minimum atomic E-state index is -3.85. The number of rotatable bonds is 5. The van der Waals surface area contributed by atoms with Gasteiger partial charge in [0, 0.05) is 25.9 Å². The van der Waals surface area contributed by atoms with E-state index in [4.69, 9.17) is 0 Å². The van der Waals surface area contributed by atoms with Crippen LogP contribution in [0.1, 0.15) is 32.1 Å². The van der Waals surface area contributed by atoms with Gasteiger partial charge in [0.25, 0.3) is 10.0 Å². The average molecular weight is 415 g/mol. The van der Waals surface area contributed by atoms with Crippen molar-refractivity contribution in [2.75, 3.05) is 27.6 Å². The average Bonchev–Trinajstić information content (AvgIpc) is 3.07. The smallest absolute Gasteiger partial charge is 0.261 e. The molecule has 0 unspecified atom stereocenters. The summed E-state index contributed by atoms with van der Waals surface area (Å²) in [6.07, 6.45) is 6.65. The minimum absolute atomic E-state index is 0.0143. The van der Waals surface area contributed by atoms with Gasteiger partial charge in [-0.3, -0.25) is 19.2 Å². The van der Waals surface area contributed by atoms with E-state index in [1.807, 2.05) is 0 Å². The summed E-state index contributed by atoms with van der Waals surface area (Å²) in [6.45, 7) is 1.80. The Morgan fingerprint density at radius 3 is 2.03 bits per heavy atom. The second-order valence-electron chi connectivity index (χ2n) is 7.04. The molecule has 2 aliphatic rings. The molecule has 0 radical (unpaired) electrons. The normalized spacial score (nSPS) is 17.7. The van der Waals surface area contributed by atoms with Crippen molar-refractivity contribution in [1.29, 1.82) is 0 Å². The van der Waals surface area contributed by atoms with Gasteiger partial charge < -0.3 is 4.90 Å². The first-order chi connectivity index (χ1) is 13.9. The van der Waals surface area contributed by atoms with Crippen LogP contribution < -0.4 is 14.5 Å². The summed E-state index contributed by atoms with van der Waals surface area (Å²) in [5.41, 5.74) is 0.630. The van der Waals surface area contributed by atoms with Crippen molar-refractivity contribution in [3.8, 4) is 0 Å². The third kappa shape index (κ3) is 4.07. The molecule has 3 heterocycles. The Bertz CT molecular complexity index is 1000. The number of imide groups is 1. The number of anilines is 3. The van der Waals surface area contributed by atoms with Gasteiger partial charge in [-0.2, -0.15) is 0 Å². The maximum absolute atomic E-state index is 12.6. The van der Waals surface area contributed by atoms with Crippen LogP contribution in [-0.2, 0) is 19.6 Å². The van der Waals surface area contributed by atoms with Gasteiger partial charge in [0.05, 0.1) is 28.7 Å². The van der Waals surface area contributed by atoms with E-state index in [-0.39, 0.29) is 35.2 Å². The molecule has 1 aromatic heterocycles. The summed E-state index contributed by atoms with van der Waals surface area (Å²) < 4.78 is 27.7. The highest BCUT2D eigenvalue weighted by atomic mass is 32.2. The van der Waals surface area contributed by atoms with E-state index in [1.54, 1.807) is 0 Å². The van der Waals surface area contributed by atoms with Crippen molar-refractivity contribution in [2.24, 2.45) is 0 Å². The van der Waals surface area contributed by atoms with E-state index >= 15 is 0 Å². The zero-order valence-electron chi connectivity index (χ0n) is 15.7. The first-order valence-electron chi connectivity index (χ1n) is 9.50. The summed E-state index contributed by atoms with van der Waals surface area (Å²) in [5, 5.41) is 0. The molecule has 152 valence electrons. The lowest BCUT2D eigenvalue weighted by atomic mass is 10.1. The van der Waals surface area contributed by atoms with E-state index in [9.17, 15) is 18.0 Å². The molecule has 2 aromatic rings. The molecule has 29 heavy (non-hydrogen) atoms. The van der Waals surface area contributed by atoms with Gasteiger partial charge in [-0.05, 0) is 43.5 Å². The number of carbonyl (C=O) groups excluding carboxylic acids is 2. The summed E-state index contributed by atoms with van der Waals surface area (Å²) in [7, 11) is -3.85. The van der Waals surface area contributed by atoms with Crippen LogP contribution in [0.4, 0.5) is 17.3 Å². The highest BCUT2D eigenvalue weighted by molar-refractivity contribution is 7.92. The second-order valence-corrected chi connectivity index (χ2v) is 8.72. The fraction of sp³-hybridized carbons (Fsp3) is 0.368. The SMILES string of the molecule is O=C1CCC(=O)N1c1ccc(S(=O)(=O)Nc2cnc(N3CCCCC3)nc2)cc1. The van der Waals surface area contributed by atoms with E-state index < -0.39 is 10.0 Å². The van der Waals surface area contributed by atoms with Crippen LogP contribution in [0.5, 0.6) is 0 Å². The lowest BCUT2D eigenvalue weighted by molar-refractivity contribution is -0.121. The number of nitrogens with one attached hydrogen (secondary N) is 1. The number of hydrogen-bond acceptors (Lipinski definition) is 7. The Hall–Kier alpha value is -3.01. The Morgan fingerprint density at radius 1 is 0.862 bits per heavy atom. The zero-order chi connectivity index (χ0) is 20.4. The molecule has 9 nitrogen and oxygen atoms in total. The molecule has 4 rings (SSSR count). The number of carbonyl (C=O) groups is 2. The number of nitrogens with zero attached hydrogens (tertiary/aromatic N) is 4. The maximum Gasteiger partial charge on any atom is 0.261 e. The van der Waals surface area contributed by atoms with Crippen LogP contribution >= 0.6 is 0 Å². The van der Waals surface area contributed by atoms with Crippen LogP contribution in [-0.4, -0.2) is 43.3 Å². The standard InChI is InChI=1S/C19H21N5O4S/c25-17-8-9-18(26)24(17)15-4-6-16(7-5-15)29(27,28)22-14-12-20-19(21-13-14)23-10-2-1-3-11-23/h4-7,12-13,22H,1-3,8-11H2. The molecule has 2 saturated heterocycles. The molecule has 10 heteroatoms. The number of benzene rings is 1. The molecule has 2 aliphatic heterocycles. The van der Waals surface area contributed by atoms with Gasteiger partial charge in [0.15, 0.2) is 0 Å². The molecule has 0 bridgehead atoms. The van der Waals surface area contributed by atoms with Crippen molar-refractivity contribution in [3.05, 3.63) is 36.7 Å². The quantitative estimate of drug-likeness (QED) is 0.742. The van der Waals surface area contributed by atoms with Crippen LogP contribution in [0.2, 0.25) is 0 Å². The molecule has 0 aliphatic carbocycles. The molecule has 2 fully saturated rings. The van der Waals surface area contributed by atoms with Crippen molar-refractivity contribution < 1.29 is 18.0 Å². The summed E-state index contributed by atoms with van der Waals surface area (Å²) in [6, 6.07) is 5.62. The molecule has 2 amide bonds. The first kappa shape index (κ1) is 19.3. The highest BCUT2D eigenvalue weighted by Crippen LogP contribution is 2.25. The van der Waals surface area contributed by atoms with Crippen LogP contribution in [0.15, 0.2) is 41.6 Å². The summed E-state index contributed by atoms with van der Waals surface area (Å²) >= 11 is 0. The maximum atomic E-state index is 12.6. The zero-order valence-corrected chi connectivity index (χ0v) is 16.6. The Kier molecular flexibility index (Phi) is 5.18. The molecular formula is C19H21N5O4S. The summed E-state index contributed by atoms with van der Waals surface area (Å²) in [5.74, 6) is 0.0290. The van der Waals surface area contributed by atoms with Crippen molar-refractivity contribution in [1.82, 2.24) is 9.97 Å². The Balaban J connectivity index is 1.47. The molecule has 0 spiro atoms. The number of piperidine rings is 1. The topological polar surface area (TPSA) is 113 Å². The van der Waals surface area contributed by atoms with Gasteiger partial charge in [0.2, 0.25) is 17.8 Å². The number of hydrogen-bond donors (Lipinski definition) is 1. The minimum Gasteiger partial charge on any atom is -0.341 e. The van der Waals surface area contributed by atoms with E-state index in [0.717, 1.165) is 30.8 Å². The van der Waals surface area contributed by atoms with Crippen LogP contribution in [0.25, 0.3) is 0 Å². The number of amides is 2. The lowest BCUT2D eigenvalue weighted by Gasteiger charge is -2.26. The Morgan fingerprint density at radius 2 is 1.45 bits per heavy atom. The van der Waals surface area contributed by atoms with Crippen molar-refractivity contribution >= 4 is 39.2 Å². The third-order valence-electron chi connectivity index (χ3n) is 4.99. The van der Waals surface area contributed by atoms with Crippen molar-refractivity contribution in [2.45, 2.75) is 37.0 Å². The number of aromatic nitrogens is 2. The monoisotopic (exact) mass is 415 g/mol. The van der Waals surface area contributed by atoms with Gasteiger partial charge >= 0.3 is 0 Å². The first-order valence-corrected chi connectivity index (χ1v) is 11.0. The molecule has 1 N–H and O–H groups in total. The van der Waals surface area contributed by atoms with Gasteiger partial charge in [-0.1, -0.05) is 0 Å². The summed E-state index contributed by atoms with van der Waals surface area (Å²) in [4.78, 5) is 35.3. The van der Waals surface area contributed by atoms with Crippen LogP contribution in [0, 0.1) is 0 Å². The van der Waals surface area contributed by atoms with Gasteiger partial charge in [0.1, 0.15) is 0 Å². The van der Waals surface area contributed by atoms with Gasteiger partial charge in [-0.15, -0.1) is 0 Å². The Labute approximate surface area is 168 Å². The number of sulfonamides is 1. The highest BCUT2D eigenvalue weighted by Gasteiger charge is 2.30. The fourth-order valence-corrected chi connectivity index (χ4v) is 4.51. The molecule has 0 saturated carbocycles. The lowest BCUT2D eigenvalue weighted by Crippen LogP contribution is -2.30. The van der Waals surface area contributed by atoms with Gasteiger partial charge in [-0.25, -0.2) is 18.4 Å². The molecular weight excluding hydrogens is 394 g/mol. The van der Waals surface area contributed by atoms with E-state index in [2.05, 4.69) is 19.6 Å². The largest absolute Gasteiger partial charge is 0.341 e. The fourth-order valence-electron chi connectivity index (χ4n) is 3.48. The predicted octanol–water partition coefficient (Wildman–Crippen LogP) is 1.92. The predicted molar refractivity (Wildman–Crippen MR) is 107 cm³/mol.